The summed E-state index contributed by atoms with van der Waals surface area (Å²) >= 11 is 3.35. The van der Waals surface area contributed by atoms with Crippen molar-refractivity contribution >= 4 is 21.9 Å². The number of carboxylic acid groups (broad SMARTS) is 1. The Kier molecular flexibility index (Phi) is 4.58. The zero-order valence-electron chi connectivity index (χ0n) is 10.8. The first-order valence-corrected chi connectivity index (χ1v) is 7.14. The van der Waals surface area contributed by atoms with Gasteiger partial charge in [-0.15, -0.1) is 0 Å². The van der Waals surface area contributed by atoms with Crippen molar-refractivity contribution in [2.45, 2.75) is 19.9 Å². The van der Waals surface area contributed by atoms with Crippen LogP contribution in [0.2, 0.25) is 0 Å². The van der Waals surface area contributed by atoms with Crippen molar-refractivity contribution in [2.75, 3.05) is 13.1 Å². The van der Waals surface area contributed by atoms with E-state index in [1.165, 1.54) is 12.1 Å². The second kappa shape index (κ2) is 6.01. The van der Waals surface area contributed by atoms with Crippen molar-refractivity contribution in [3.05, 3.63) is 34.1 Å². The maximum atomic E-state index is 13.0. The summed E-state index contributed by atoms with van der Waals surface area (Å²) in [4.78, 5) is 13.3. The first-order valence-electron chi connectivity index (χ1n) is 6.34. The van der Waals surface area contributed by atoms with Crippen molar-refractivity contribution in [1.29, 1.82) is 0 Å². The lowest BCUT2D eigenvalue weighted by atomic mass is 9.90. The van der Waals surface area contributed by atoms with Gasteiger partial charge < -0.3 is 5.11 Å². The minimum absolute atomic E-state index is 0.272. The molecule has 2 atom stereocenters. The number of rotatable bonds is 3. The van der Waals surface area contributed by atoms with Crippen LogP contribution in [0.5, 0.6) is 0 Å². The fraction of sp³-hybridized carbons (Fsp3) is 0.500. The van der Waals surface area contributed by atoms with Crippen LogP contribution < -0.4 is 0 Å². The van der Waals surface area contributed by atoms with Gasteiger partial charge in [-0.3, -0.25) is 9.69 Å². The third kappa shape index (κ3) is 3.76. The van der Waals surface area contributed by atoms with Gasteiger partial charge in [0.05, 0.1) is 5.92 Å². The van der Waals surface area contributed by atoms with Crippen LogP contribution in [-0.2, 0) is 11.3 Å². The molecule has 1 aromatic carbocycles. The van der Waals surface area contributed by atoms with E-state index in [0.29, 0.717) is 19.0 Å². The molecule has 0 aromatic heterocycles. The van der Waals surface area contributed by atoms with Gasteiger partial charge in [0.1, 0.15) is 5.82 Å². The molecule has 0 aliphatic carbocycles. The summed E-state index contributed by atoms with van der Waals surface area (Å²) in [5.41, 5.74) is 0.986. The van der Waals surface area contributed by atoms with Crippen molar-refractivity contribution < 1.29 is 14.3 Å². The molecule has 3 nitrogen and oxygen atoms in total. The van der Waals surface area contributed by atoms with Crippen molar-refractivity contribution in [3.63, 3.8) is 0 Å². The van der Waals surface area contributed by atoms with E-state index in [2.05, 4.69) is 27.8 Å². The van der Waals surface area contributed by atoms with Gasteiger partial charge in [0.15, 0.2) is 0 Å². The van der Waals surface area contributed by atoms with E-state index in [0.717, 1.165) is 23.0 Å². The fourth-order valence-corrected chi connectivity index (χ4v) is 3.14. The molecular formula is C14H17BrFNO2. The molecule has 19 heavy (non-hydrogen) atoms. The van der Waals surface area contributed by atoms with E-state index in [4.69, 9.17) is 5.11 Å². The molecule has 1 N–H and O–H groups in total. The first-order chi connectivity index (χ1) is 8.95. The molecule has 0 bridgehead atoms. The van der Waals surface area contributed by atoms with Gasteiger partial charge >= 0.3 is 5.97 Å². The van der Waals surface area contributed by atoms with Gasteiger partial charge in [-0.1, -0.05) is 28.9 Å². The topological polar surface area (TPSA) is 40.5 Å². The van der Waals surface area contributed by atoms with E-state index >= 15 is 0 Å². The molecule has 104 valence electrons. The summed E-state index contributed by atoms with van der Waals surface area (Å²) in [6, 6.07) is 4.62. The predicted octanol–water partition coefficient (Wildman–Crippen LogP) is 3.13. The Morgan fingerprint density at radius 3 is 2.89 bits per heavy atom. The zero-order valence-corrected chi connectivity index (χ0v) is 12.4. The number of likely N-dealkylation sites (tertiary alicyclic amines) is 1. The summed E-state index contributed by atoms with van der Waals surface area (Å²) in [7, 11) is 0. The van der Waals surface area contributed by atoms with E-state index in [1.807, 2.05) is 0 Å². The summed E-state index contributed by atoms with van der Waals surface area (Å²) < 4.78 is 13.8. The number of benzene rings is 1. The molecule has 1 aliphatic heterocycles. The van der Waals surface area contributed by atoms with Gasteiger partial charge in [-0.05, 0) is 30.0 Å². The Bertz CT molecular complexity index is 481. The standard InChI is InChI=1S/C14H17BrFNO2/c1-9-4-11(14(18)19)8-17(6-9)7-10-2-3-12(16)5-13(10)15/h2-3,5,9,11H,4,6-8H2,1H3,(H,18,19). The molecule has 2 rings (SSSR count). The Morgan fingerprint density at radius 1 is 1.53 bits per heavy atom. The molecule has 0 amide bonds. The van der Waals surface area contributed by atoms with Crippen LogP contribution in [0.15, 0.2) is 22.7 Å². The van der Waals surface area contributed by atoms with E-state index in [-0.39, 0.29) is 11.7 Å². The molecule has 1 aliphatic rings. The number of carbonyl (C=O) groups is 1. The number of nitrogens with zero attached hydrogens (tertiary/aromatic N) is 1. The lowest BCUT2D eigenvalue weighted by Crippen LogP contribution is -2.42. The van der Waals surface area contributed by atoms with Crippen molar-refractivity contribution in [3.8, 4) is 0 Å². The second-order valence-electron chi connectivity index (χ2n) is 5.31. The van der Waals surface area contributed by atoms with E-state index < -0.39 is 5.97 Å². The molecule has 1 fully saturated rings. The van der Waals surface area contributed by atoms with Gasteiger partial charge in [-0.2, -0.15) is 0 Å². The molecule has 2 unspecified atom stereocenters. The van der Waals surface area contributed by atoms with Crippen LogP contribution in [0, 0.1) is 17.7 Å². The van der Waals surface area contributed by atoms with Gasteiger partial charge in [0.2, 0.25) is 0 Å². The lowest BCUT2D eigenvalue weighted by molar-refractivity contribution is -0.144. The minimum Gasteiger partial charge on any atom is -0.481 e. The molecule has 1 aromatic rings. The number of hydrogen-bond donors (Lipinski definition) is 1. The smallest absolute Gasteiger partial charge is 0.307 e. The Morgan fingerprint density at radius 2 is 2.26 bits per heavy atom. The van der Waals surface area contributed by atoms with Gasteiger partial charge in [0.25, 0.3) is 0 Å². The molecule has 1 heterocycles. The van der Waals surface area contributed by atoms with Crippen LogP contribution in [-0.4, -0.2) is 29.1 Å². The van der Waals surface area contributed by atoms with E-state index in [1.54, 1.807) is 6.07 Å². The maximum absolute atomic E-state index is 13.0. The van der Waals surface area contributed by atoms with Gasteiger partial charge in [-0.25, -0.2) is 4.39 Å². The molecule has 0 saturated carbocycles. The minimum atomic E-state index is -0.727. The average molecular weight is 330 g/mol. The van der Waals surface area contributed by atoms with E-state index in [9.17, 15) is 9.18 Å². The molecule has 0 radical (unpaired) electrons. The summed E-state index contributed by atoms with van der Waals surface area (Å²) in [6.45, 7) is 4.16. The molecular weight excluding hydrogens is 313 g/mol. The maximum Gasteiger partial charge on any atom is 0.307 e. The number of piperidine rings is 1. The number of halogens is 2. The summed E-state index contributed by atoms with van der Waals surface area (Å²) in [6.07, 6.45) is 0.733. The highest BCUT2D eigenvalue weighted by molar-refractivity contribution is 9.10. The monoisotopic (exact) mass is 329 g/mol. The zero-order chi connectivity index (χ0) is 14.0. The van der Waals surface area contributed by atoms with Crippen molar-refractivity contribution in [2.24, 2.45) is 11.8 Å². The average Bonchev–Trinajstić information content (AvgIpc) is 2.32. The predicted molar refractivity (Wildman–Crippen MR) is 74.3 cm³/mol. The van der Waals surface area contributed by atoms with Crippen LogP contribution in [0.25, 0.3) is 0 Å². The van der Waals surface area contributed by atoms with Gasteiger partial charge in [0, 0.05) is 24.1 Å². The quantitative estimate of drug-likeness (QED) is 0.926. The molecule has 0 spiro atoms. The highest BCUT2D eigenvalue weighted by Crippen LogP contribution is 2.25. The van der Waals surface area contributed by atoms with Crippen molar-refractivity contribution in [1.82, 2.24) is 4.90 Å². The third-order valence-electron chi connectivity index (χ3n) is 3.49. The lowest BCUT2D eigenvalue weighted by Gasteiger charge is -2.34. The summed E-state index contributed by atoms with van der Waals surface area (Å²) in [5.74, 6) is -0.933. The van der Waals surface area contributed by atoms with Crippen LogP contribution >= 0.6 is 15.9 Å². The fourth-order valence-electron chi connectivity index (χ4n) is 2.66. The Hall–Kier alpha value is -0.940. The third-order valence-corrected chi connectivity index (χ3v) is 4.23. The second-order valence-corrected chi connectivity index (χ2v) is 6.16. The van der Waals surface area contributed by atoms with Crippen LogP contribution in [0.4, 0.5) is 4.39 Å². The number of aliphatic carboxylic acids is 1. The Labute approximate surface area is 120 Å². The highest BCUT2D eigenvalue weighted by atomic mass is 79.9. The molecule has 5 heteroatoms. The molecule has 1 saturated heterocycles. The first kappa shape index (κ1) is 14.5. The summed E-state index contributed by atoms with van der Waals surface area (Å²) in [5, 5.41) is 9.15. The number of carboxylic acids is 1. The normalized spacial score (nSPS) is 24.4. The SMILES string of the molecule is CC1CC(C(=O)O)CN(Cc2ccc(F)cc2Br)C1. The Balaban J connectivity index is 2.07. The van der Waals surface area contributed by atoms with Crippen LogP contribution in [0.1, 0.15) is 18.9 Å². The highest BCUT2D eigenvalue weighted by Gasteiger charge is 2.29. The van der Waals surface area contributed by atoms with Crippen LogP contribution in [0.3, 0.4) is 0 Å². The largest absolute Gasteiger partial charge is 0.481 e. The number of hydrogen-bond acceptors (Lipinski definition) is 2.